The van der Waals surface area contributed by atoms with Crippen LogP contribution in [0.4, 0.5) is 0 Å². The molecule has 21 heavy (non-hydrogen) atoms. The van der Waals surface area contributed by atoms with Gasteiger partial charge < -0.3 is 5.32 Å². The Hall–Kier alpha value is -1.41. The summed E-state index contributed by atoms with van der Waals surface area (Å²) in [5.74, 6) is 0. The molecule has 1 atom stereocenters. The van der Waals surface area contributed by atoms with E-state index in [2.05, 4.69) is 45.1 Å². The fraction of sp³-hybridized carbons (Fsp3) is 0.526. The Kier molecular flexibility index (Phi) is 3.99. The van der Waals surface area contributed by atoms with Gasteiger partial charge in [-0.05, 0) is 69.2 Å². The predicted molar refractivity (Wildman–Crippen MR) is 89.8 cm³/mol. The second-order valence-corrected chi connectivity index (χ2v) is 6.54. The summed E-state index contributed by atoms with van der Waals surface area (Å²) in [6, 6.07) is 5.14. The van der Waals surface area contributed by atoms with Gasteiger partial charge in [0.1, 0.15) is 0 Å². The number of aryl methyl sites for hydroxylation is 3. The summed E-state index contributed by atoms with van der Waals surface area (Å²) in [5.41, 5.74) is 8.22. The molecule has 0 saturated carbocycles. The number of nitrogens with zero attached hydrogens (tertiary/aromatic N) is 1. The van der Waals surface area contributed by atoms with E-state index < -0.39 is 0 Å². The number of nitrogens with one attached hydrogen (secondary N) is 1. The van der Waals surface area contributed by atoms with Crippen LogP contribution < -0.4 is 5.32 Å². The predicted octanol–water partition coefficient (Wildman–Crippen LogP) is 4.23. The lowest BCUT2D eigenvalue weighted by molar-refractivity contribution is 0.534. The summed E-state index contributed by atoms with van der Waals surface area (Å²) in [5, 5.41) is 5.05. The maximum atomic E-state index is 4.98. The van der Waals surface area contributed by atoms with Gasteiger partial charge in [0.25, 0.3) is 0 Å². The highest BCUT2D eigenvalue weighted by Gasteiger charge is 2.20. The molecule has 1 unspecified atom stereocenters. The Morgan fingerprint density at radius 3 is 2.81 bits per heavy atom. The third kappa shape index (κ3) is 2.69. The average molecular weight is 282 g/mol. The minimum absolute atomic E-state index is 0.566. The summed E-state index contributed by atoms with van der Waals surface area (Å²) >= 11 is 0. The third-order valence-corrected chi connectivity index (χ3v) is 4.81. The third-order valence-electron chi connectivity index (χ3n) is 4.81. The largest absolute Gasteiger partial charge is 0.310 e. The second-order valence-electron chi connectivity index (χ2n) is 6.54. The zero-order chi connectivity index (χ0) is 15.0. The molecule has 1 aromatic carbocycles. The highest BCUT2D eigenvalue weighted by molar-refractivity contribution is 5.87. The van der Waals surface area contributed by atoms with Crippen molar-refractivity contribution < 1.29 is 0 Å². The molecule has 2 aromatic rings. The van der Waals surface area contributed by atoms with Crippen molar-refractivity contribution in [2.75, 3.05) is 0 Å². The lowest BCUT2D eigenvalue weighted by Crippen LogP contribution is -2.25. The van der Waals surface area contributed by atoms with E-state index in [9.17, 15) is 0 Å². The number of hydrogen-bond donors (Lipinski definition) is 1. The summed E-state index contributed by atoms with van der Waals surface area (Å²) in [4.78, 5) is 4.98. The van der Waals surface area contributed by atoms with Crippen LogP contribution in [0.15, 0.2) is 12.1 Å². The first-order valence-electron chi connectivity index (χ1n) is 8.25. The Balaban J connectivity index is 2.14. The molecule has 112 valence electrons. The topological polar surface area (TPSA) is 24.9 Å². The molecule has 3 rings (SSSR count). The molecule has 1 aliphatic rings. The van der Waals surface area contributed by atoms with Gasteiger partial charge in [0.15, 0.2) is 0 Å². The van der Waals surface area contributed by atoms with Gasteiger partial charge in [-0.25, -0.2) is 0 Å². The minimum Gasteiger partial charge on any atom is -0.310 e. The molecule has 0 radical (unpaired) electrons. The van der Waals surface area contributed by atoms with Crippen molar-refractivity contribution in [1.29, 1.82) is 0 Å². The Labute approximate surface area is 128 Å². The standard InChI is InChI=1S/C19H26N2/c1-5-14(4)20-11-17-15-7-6-8-18(15)21-19-13(3)9-12(2)10-16(17)19/h9-10,14,20H,5-8,11H2,1-4H3. The molecule has 1 aliphatic carbocycles. The van der Waals surface area contributed by atoms with Gasteiger partial charge in [0, 0.05) is 23.7 Å². The minimum atomic E-state index is 0.566. The van der Waals surface area contributed by atoms with Gasteiger partial charge in [-0.15, -0.1) is 0 Å². The van der Waals surface area contributed by atoms with Gasteiger partial charge in [-0.3, -0.25) is 4.98 Å². The lowest BCUT2D eigenvalue weighted by atomic mass is 9.97. The van der Waals surface area contributed by atoms with Gasteiger partial charge >= 0.3 is 0 Å². The molecule has 0 amide bonds. The number of hydrogen-bond acceptors (Lipinski definition) is 2. The Morgan fingerprint density at radius 1 is 1.24 bits per heavy atom. The second kappa shape index (κ2) is 5.76. The number of aromatic nitrogens is 1. The SMILES string of the molecule is CCC(C)NCc1c2c(nc3c(C)cc(C)cc13)CCC2. The first-order chi connectivity index (χ1) is 10.1. The zero-order valence-corrected chi connectivity index (χ0v) is 13.7. The van der Waals surface area contributed by atoms with E-state index in [0.29, 0.717) is 6.04 Å². The zero-order valence-electron chi connectivity index (χ0n) is 13.7. The van der Waals surface area contributed by atoms with E-state index in [1.54, 1.807) is 0 Å². The van der Waals surface area contributed by atoms with Crippen molar-refractivity contribution in [1.82, 2.24) is 10.3 Å². The molecular weight excluding hydrogens is 256 g/mol. The molecule has 1 heterocycles. The van der Waals surface area contributed by atoms with Crippen LogP contribution in [0, 0.1) is 13.8 Å². The van der Waals surface area contributed by atoms with Gasteiger partial charge in [0.2, 0.25) is 0 Å². The first kappa shape index (κ1) is 14.5. The fourth-order valence-electron chi connectivity index (χ4n) is 3.43. The highest BCUT2D eigenvalue weighted by atomic mass is 14.9. The number of rotatable bonds is 4. The van der Waals surface area contributed by atoms with Gasteiger partial charge in [-0.1, -0.05) is 18.6 Å². The van der Waals surface area contributed by atoms with Crippen molar-refractivity contribution >= 4 is 10.9 Å². The summed E-state index contributed by atoms with van der Waals surface area (Å²) in [7, 11) is 0. The Bertz CT molecular complexity index is 673. The molecule has 0 spiro atoms. The maximum absolute atomic E-state index is 4.98. The average Bonchev–Trinajstić information content (AvgIpc) is 2.92. The normalized spacial score (nSPS) is 15.4. The van der Waals surface area contributed by atoms with Crippen molar-refractivity contribution in [3.05, 3.63) is 40.1 Å². The fourth-order valence-corrected chi connectivity index (χ4v) is 3.43. The quantitative estimate of drug-likeness (QED) is 0.907. The molecule has 0 aliphatic heterocycles. The van der Waals surface area contributed by atoms with Crippen LogP contribution in [0.1, 0.15) is 54.6 Å². The number of fused-ring (bicyclic) bond motifs is 2. The summed E-state index contributed by atoms with van der Waals surface area (Å²) < 4.78 is 0. The first-order valence-corrected chi connectivity index (χ1v) is 8.25. The van der Waals surface area contributed by atoms with Crippen molar-refractivity contribution in [2.45, 2.75) is 66.0 Å². The van der Waals surface area contributed by atoms with Crippen LogP contribution in [0.5, 0.6) is 0 Å². The number of benzene rings is 1. The maximum Gasteiger partial charge on any atom is 0.0738 e. The monoisotopic (exact) mass is 282 g/mol. The number of pyridine rings is 1. The van der Waals surface area contributed by atoms with Gasteiger partial charge in [0.05, 0.1) is 5.52 Å². The Morgan fingerprint density at radius 2 is 2.05 bits per heavy atom. The molecule has 0 bridgehead atoms. The molecule has 2 heteroatoms. The molecule has 1 aromatic heterocycles. The van der Waals surface area contributed by atoms with Crippen LogP contribution in [-0.2, 0) is 19.4 Å². The van der Waals surface area contributed by atoms with E-state index in [-0.39, 0.29) is 0 Å². The lowest BCUT2D eigenvalue weighted by Gasteiger charge is -2.17. The van der Waals surface area contributed by atoms with Crippen LogP contribution in [0.3, 0.4) is 0 Å². The van der Waals surface area contributed by atoms with Crippen LogP contribution in [0.2, 0.25) is 0 Å². The highest BCUT2D eigenvalue weighted by Crippen LogP contribution is 2.32. The van der Waals surface area contributed by atoms with Crippen molar-refractivity contribution in [3.63, 3.8) is 0 Å². The van der Waals surface area contributed by atoms with Crippen molar-refractivity contribution in [3.8, 4) is 0 Å². The summed E-state index contributed by atoms with van der Waals surface area (Å²) in [6.45, 7) is 9.85. The molecule has 2 nitrogen and oxygen atoms in total. The molecule has 0 saturated heterocycles. The van der Waals surface area contributed by atoms with E-state index >= 15 is 0 Å². The van der Waals surface area contributed by atoms with Crippen LogP contribution >= 0.6 is 0 Å². The van der Waals surface area contributed by atoms with Gasteiger partial charge in [-0.2, -0.15) is 0 Å². The van der Waals surface area contributed by atoms with E-state index in [1.807, 2.05) is 0 Å². The van der Waals surface area contributed by atoms with E-state index in [4.69, 9.17) is 4.98 Å². The van der Waals surface area contributed by atoms with Crippen molar-refractivity contribution in [2.24, 2.45) is 0 Å². The molecular formula is C19H26N2. The van der Waals surface area contributed by atoms with E-state index in [0.717, 1.165) is 13.0 Å². The van der Waals surface area contributed by atoms with Crippen LogP contribution in [-0.4, -0.2) is 11.0 Å². The smallest absolute Gasteiger partial charge is 0.0738 e. The summed E-state index contributed by atoms with van der Waals surface area (Å²) in [6.07, 6.45) is 4.77. The molecule has 0 fully saturated rings. The van der Waals surface area contributed by atoms with E-state index in [1.165, 1.54) is 58.1 Å². The van der Waals surface area contributed by atoms with Crippen LogP contribution in [0.25, 0.3) is 10.9 Å². The molecule has 1 N–H and O–H groups in total.